The molecule has 2 aromatic rings. The fourth-order valence-corrected chi connectivity index (χ4v) is 3.01. The molecule has 2 rings (SSSR count). The summed E-state index contributed by atoms with van der Waals surface area (Å²) < 4.78 is 39.8. The van der Waals surface area contributed by atoms with Crippen molar-refractivity contribution in [2.45, 2.75) is 11.8 Å². The average molecular weight is 400 g/mol. The van der Waals surface area contributed by atoms with E-state index >= 15 is 0 Å². The fraction of sp³-hybridized carbons (Fsp3) is 0.125. The maximum Gasteiger partial charge on any atom is 0.257 e. The monoisotopic (exact) mass is 399 g/mol. The zero-order valence-corrected chi connectivity index (χ0v) is 15.3. The summed E-state index contributed by atoms with van der Waals surface area (Å²) in [4.78, 5) is 23.3. The van der Waals surface area contributed by atoms with Crippen molar-refractivity contribution in [2.75, 3.05) is 17.7 Å². The Morgan fingerprint density at radius 2 is 1.77 bits per heavy atom. The van der Waals surface area contributed by atoms with Crippen molar-refractivity contribution in [1.82, 2.24) is 4.72 Å². The minimum absolute atomic E-state index is 0.00373. The minimum Gasteiger partial charge on any atom is -0.326 e. The quantitative estimate of drug-likeness (QED) is 0.718. The van der Waals surface area contributed by atoms with E-state index in [0.717, 1.165) is 12.1 Å². The summed E-state index contributed by atoms with van der Waals surface area (Å²) in [6.07, 6.45) is 0. The third-order valence-electron chi connectivity index (χ3n) is 3.30. The van der Waals surface area contributed by atoms with Crippen molar-refractivity contribution in [3.8, 4) is 0 Å². The standard InChI is InChI=1S/C16H15ClFN3O4S/c1-9(22)20-10-3-6-14(18)15(7-10)21-16(23)12-8-11(4-5-13(12)17)26(24,25)19-2/h3-8,19H,1-2H3,(H,20,22)(H,21,23). The van der Waals surface area contributed by atoms with E-state index in [4.69, 9.17) is 11.6 Å². The predicted octanol–water partition coefficient (Wildman–Crippen LogP) is 2.60. The van der Waals surface area contributed by atoms with Gasteiger partial charge in [-0.05, 0) is 43.4 Å². The van der Waals surface area contributed by atoms with E-state index < -0.39 is 21.7 Å². The molecule has 7 nitrogen and oxygen atoms in total. The van der Waals surface area contributed by atoms with Gasteiger partial charge in [0.25, 0.3) is 5.91 Å². The first-order chi connectivity index (χ1) is 12.1. The summed E-state index contributed by atoms with van der Waals surface area (Å²) in [6, 6.07) is 7.22. The largest absolute Gasteiger partial charge is 0.326 e. The molecule has 138 valence electrons. The van der Waals surface area contributed by atoms with Gasteiger partial charge in [-0.25, -0.2) is 17.5 Å². The lowest BCUT2D eigenvalue weighted by molar-refractivity contribution is -0.114. The van der Waals surface area contributed by atoms with Gasteiger partial charge in [0.05, 0.1) is 21.2 Å². The van der Waals surface area contributed by atoms with Crippen molar-refractivity contribution in [3.63, 3.8) is 0 Å². The van der Waals surface area contributed by atoms with Gasteiger partial charge in [0, 0.05) is 12.6 Å². The van der Waals surface area contributed by atoms with Gasteiger partial charge in [0.15, 0.2) is 0 Å². The number of carbonyl (C=O) groups is 2. The lowest BCUT2D eigenvalue weighted by Crippen LogP contribution is -2.20. The van der Waals surface area contributed by atoms with Crippen molar-refractivity contribution < 1.29 is 22.4 Å². The third kappa shape index (κ3) is 4.57. The van der Waals surface area contributed by atoms with E-state index in [2.05, 4.69) is 15.4 Å². The van der Waals surface area contributed by atoms with Gasteiger partial charge in [-0.15, -0.1) is 0 Å². The molecular weight excluding hydrogens is 385 g/mol. The molecule has 0 heterocycles. The normalized spacial score (nSPS) is 11.1. The SMILES string of the molecule is CNS(=O)(=O)c1ccc(Cl)c(C(=O)Nc2cc(NC(C)=O)ccc2F)c1. The molecule has 10 heteroatoms. The molecule has 0 aliphatic heterocycles. The molecule has 0 saturated carbocycles. The molecule has 0 saturated heterocycles. The first kappa shape index (κ1) is 19.8. The lowest BCUT2D eigenvalue weighted by Gasteiger charge is -2.11. The van der Waals surface area contributed by atoms with Crippen molar-refractivity contribution in [2.24, 2.45) is 0 Å². The summed E-state index contributed by atoms with van der Waals surface area (Å²) in [7, 11) is -2.55. The summed E-state index contributed by atoms with van der Waals surface area (Å²) in [5, 5.41) is 4.77. The van der Waals surface area contributed by atoms with Gasteiger partial charge in [0.2, 0.25) is 15.9 Å². The Bertz CT molecular complexity index is 979. The van der Waals surface area contributed by atoms with E-state index in [-0.39, 0.29) is 32.8 Å². The molecule has 0 atom stereocenters. The highest BCUT2D eigenvalue weighted by atomic mass is 35.5. The molecule has 0 spiro atoms. The van der Waals surface area contributed by atoms with Crippen molar-refractivity contribution in [1.29, 1.82) is 0 Å². The lowest BCUT2D eigenvalue weighted by atomic mass is 10.2. The van der Waals surface area contributed by atoms with Crippen LogP contribution < -0.4 is 15.4 Å². The molecule has 2 amide bonds. The summed E-state index contributed by atoms with van der Waals surface area (Å²) in [5.41, 5.74) is -0.0571. The van der Waals surface area contributed by atoms with Crippen LogP contribution in [0.25, 0.3) is 0 Å². The van der Waals surface area contributed by atoms with Gasteiger partial charge in [-0.3, -0.25) is 9.59 Å². The van der Waals surface area contributed by atoms with Gasteiger partial charge in [0.1, 0.15) is 5.82 Å². The second-order valence-electron chi connectivity index (χ2n) is 5.18. The van der Waals surface area contributed by atoms with E-state index in [1.54, 1.807) is 0 Å². The highest BCUT2D eigenvalue weighted by Gasteiger charge is 2.18. The highest BCUT2D eigenvalue weighted by Crippen LogP contribution is 2.24. The Hall–Kier alpha value is -2.49. The summed E-state index contributed by atoms with van der Waals surface area (Å²) >= 11 is 5.96. The van der Waals surface area contributed by atoms with Crippen LogP contribution in [0.3, 0.4) is 0 Å². The minimum atomic E-state index is -3.78. The van der Waals surface area contributed by atoms with Gasteiger partial charge < -0.3 is 10.6 Å². The zero-order valence-electron chi connectivity index (χ0n) is 13.8. The Labute approximate surface area is 154 Å². The molecular formula is C16H15ClFN3O4S. The van der Waals surface area contributed by atoms with Crippen LogP contribution in [0.4, 0.5) is 15.8 Å². The second kappa shape index (κ2) is 7.81. The van der Waals surface area contributed by atoms with Crippen molar-refractivity contribution in [3.05, 3.63) is 52.8 Å². The Balaban J connectivity index is 2.36. The number of hydrogen-bond acceptors (Lipinski definition) is 4. The molecule has 0 aliphatic carbocycles. The number of carbonyl (C=O) groups excluding carboxylic acids is 2. The first-order valence-electron chi connectivity index (χ1n) is 7.25. The number of hydrogen-bond donors (Lipinski definition) is 3. The Morgan fingerprint density at radius 1 is 1.08 bits per heavy atom. The van der Waals surface area contributed by atoms with E-state index in [1.807, 2.05) is 0 Å². The second-order valence-corrected chi connectivity index (χ2v) is 7.47. The number of nitrogens with one attached hydrogen (secondary N) is 3. The number of halogens is 2. The molecule has 2 aromatic carbocycles. The average Bonchev–Trinajstić information content (AvgIpc) is 2.57. The van der Waals surface area contributed by atoms with Gasteiger partial charge >= 0.3 is 0 Å². The van der Waals surface area contributed by atoms with E-state index in [9.17, 15) is 22.4 Å². The van der Waals surface area contributed by atoms with Crippen LogP contribution in [0.15, 0.2) is 41.3 Å². The molecule has 0 unspecified atom stereocenters. The van der Waals surface area contributed by atoms with Crippen LogP contribution in [0.2, 0.25) is 5.02 Å². The summed E-state index contributed by atoms with van der Waals surface area (Å²) in [5.74, 6) is -1.90. The molecule has 0 fully saturated rings. The Kier molecular flexibility index (Phi) is 5.96. The molecule has 26 heavy (non-hydrogen) atoms. The molecule has 0 bridgehead atoms. The predicted molar refractivity (Wildman–Crippen MR) is 96.4 cm³/mol. The maximum absolute atomic E-state index is 13.9. The van der Waals surface area contributed by atoms with Crippen LogP contribution in [-0.2, 0) is 14.8 Å². The van der Waals surface area contributed by atoms with Crippen LogP contribution in [-0.4, -0.2) is 27.3 Å². The first-order valence-corrected chi connectivity index (χ1v) is 9.11. The maximum atomic E-state index is 13.9. The molecule has 3 N–H and O–H groups in total. The Morgan fingerprint density at radius 3 is 2.38 bits per heavy atom. The van der Waals surface area contributed by atoms with Crippen LogP contribution in [0.1, 0.15) is 17.3 Å². The summed E-state index contributed by atoms with van der Waals surface area (Å²) in [6.45, 7) is 1.29. The van der Waals surface area contributed by atoms with Crippen LogP contribution in [0, 0.1) is 5.82 Å². The van der Waals surface area contributed by atoms with Gasteiger partial charge in [-0.2, -0.15) is 0 Å². The van der Waals surface area contributed by atoms with Crippen molar-refractivity contribution >= 4 is 44.8 Å². The van der Waals surface area contributed by atoms with Crippen LogP contribution >= 0.6 is 11.6 Å². The van der Waals surface area contributed by atoms with E-state index in [1.165, 1.54) is 38.2 Å². The van der Waals surface area contributed by atoms with E-state index in [0.29, 0.717) is 0 Å². The molecule has 0 aliphatic rings. The molecule has 0 radical (unpaired) electrons. The van der Waals surface area contributed by atoms with Crippen LogP contribution in [0.5, 0.6) is 0 Å². The fourth-order valence-electron chi connectivity index (χ4n) is 2.06. The zero-order chi connectivity index (χ0) is 19.5. The number of amides is 2. The third-order valence-corrected chi connectivity index (χ3v) is 5.04. The number of sulfonamides is 1. The highest BCUT2D eigenvalue weighted by molar-refractivity contribution is 7.89. The number of anilines is 2. The smallest absolute Gasteiger partial charge is 0.257 e. The number of rotatable bonds is 5. The number of benzene rings is 2. The van der Waals surface area contributed by atoms with Gasteiger partial charge in [-0.1, -0.05) is 11.6 Å². The topological polar surface area (TPSA) is 104 Å². The molecule has 0 aromatic heterocycles.